The summed E-state index contributed by atoms with van der Waals surface area (Å²) in [6, 6.07) is 0. The molecular weight excluding hydrogens is 218 g/mol. The minimum atomic E-state index is -0.168. The summed E-state index contributed by atoms with van der Waals surface area (Å²) in [5, 5.41) is 8.57. The van der Waals surface area contributed by atoms with Crippen molar-refractivity contribution >= 4 is 11.8 Å². The molecule has 0 aromatic carbocycles. The van der Waals surface area contributed by atoms with Gasteiger partial charge in [0.2, 0.25) is 11.8 Å². The minimum absolute atomic E-state index is 0.00861. The Morgan fingerprint density at radius 1 is 1.12 bits per heavy atom. The lowest BCUT2D eigenvalue weighted by Gasteiger charge is -2.24. The van der Waals surface area contributed by atoms with E-state index in [-0.39, 0.29) is 23.9 Å². The second-order valence-electron chi connectivity index (χ2n) is 4.67. The zero-order valence-electron chi connectivity index (χ0n) is 11.4. The Bertz CT molecular complexity index is 252. The van der Waals surface area contributed by atoms with Crippen molar-refractivity contribution < 1.29 is 9.59 Å². The third-order valence-electron chi connectivity index (χ3n) is 2.55. The SMILES string of the molecule is CCNC(=O)CCNCC(=O)NC(C)(C)CC. The fourth-order valence-electron chi connectivity index (χ4n) is 1.20. The molecule has 5 heteroatoms. The van der Waals surface area contributed by atoms with Crippen LogP contribution in [0.2, 0.25) is 0 Å². The number of amides is 2. The van der Waals surface area contributed by atoms with Gasteiger partial charge in [-0.1, -0.05) is 6.92 Å². The molecule has 0 aromatic rings. The van der Waals surface area contributed by atoms with Gasteiger partial charge in [-0.15, -0.1) is 0 Å². The van der Waals surface area contributed by atoms with Crippen LogP contribution in [0, 0.1) is 0 Å². The number of nitrogens with one attached hydrogen (secondary N) is 3. The van der Waals surface area contributed by atoms with Gasteiger partial charge in [0.25, 0.3) is 0 Å². The van der Waals surface area contributed by atoms with Crippen molar-refractivity contribution in [2.45, 2.75) is 46.1 Å². The normalized spacial score (nSPS) is 11.1. The van der Waals surface area contributed by atoms with Crippen molar-refractivity contribution in [2.24, 2.45) is 0 Å². The molecule has 0 rings (SSSR count). The molecule has 0 aromatic heterocycles. The maximum Gasteiger partial charge on any atom is 0.234 e. The lowest BCUT2D eigenvalue weighted by Crippen LogP contribution is -2.46. The van der Waals surface area contributed by atoms with Gasteiger partial charge >= 0.3 is 0 Å². The smallest absolute Gasteiger partial charge is 0.234 e. The van der Waals surface area contributed by atoms with Gasteiger partial charge in [0, 0.05) is 25.0 Å². The Hall–Kier alpha value is -1.10. The Morgan fingerprint density at radius 3 is 2.29 bits per heavy atom. The summed E-state index contributed by atoms with van der Waals surface area (Å²) >= 11 is 0. The fourth-order valence-corrected chi connectivity index (χ4v) is 1.20. The number of rotatable bonds is 8. The van der Waals surface area contributed by atoms with E-state index in [1.54, 1.807) is 0 Å². The number of hydrogen-bond donors (Lipinski definition) is 3. The molecule has 0 atom stereocenters. The number of carbonyl (C=O) groups is 2. The lowest BCUT2D eigenvalue weighted by atomic mass is 10.0. The summed E-state index contributed by atoms with van der Waals surface area (Å²) in [7, 11) is 0. The summed E-state index contributed by atoms with van der Waals surface area (Å²) in [6.07, 6.45) is 1.29. The van der Waals surface area contributed by atoms with E-state index in [1.807, 2.05) is 27.7 Å². The summed E-state index contributed by atoms with van der Waals surface area (Å²) < 4.78 is 0. The average Bonchev–Trinajstić information content (AvgIpc) is 2.24. The first-order valence-electron chi connectivity index (χ1n) is 6.19. The molecule has 2 amide bonds. The van der Waals surface area contributed by atoms with E-state index in [9.17, 15) is 9.59 Å². The van der Waals surface area contributed by atoms with Crippen LogP contribution in [0.15, 0.2) is 0 Å². The monoisotopic (exact) mass is 243 g/mol. The van der Waals surface area contributed by atoms with Gasteiger partial charge in [0.15, 0.2) is 0 Å². The second-order valence-corrected chi connectivity index (χ2v) is 4.67. The molecule has 0 saturated carbocycles. The zero-order valence-corrected chi connectivity index (χ0v) is 11.4. The van der Waals surface area contributed by atoms with Crippen LogP contribution in [-0.4, -0.2) is 37.0 Å². The van der Waals surface area contributed by atoms with Gasteiger partial charge in [-0.05, 0) is 27.2 Å². The molecule has 0 aliphatic rings. The van der Waals surface area contributed by atoms with Crippen molar-refractivity contribution in [1.82, 2.24) is 16.0 Å². The standard InChI is InChI=1S/C12H25N3O2/c1-5-12(3,4)15-11(17)9-13-8-7-10(16)14-6-2/h13H,5-9H2,1-4H3,(H,14,16)(H,15,17). The molecule has 0 unspecified atom stereocenters. The number of carbonyl (C=O) groups excluding carboxylic acids is 2. The maximum absolute atomic E-state index is 11.5. The van der Waals surface area contributed by atoms with Gasteiger partial charge in [-0.25, -0.2) is 0 Å². The van der Waals surface area contributed by atoms with E-state index >= 15 is 0 Å². The van der Waals surface area contributed by atoms with Gasteiger partial charge < -0.3 is 16.0 Å². The fraction of sp³-hybridized carbons (Fsp3) is 0.833. The van der Waals surface area contributed by atoms with Crippen molar-refractivity contribution in [3.63, 3.8) is 0 Å². The van der Waals surface area contributed by atoms with Crippen LogP contribution in [0.25, 0.3) is 0 Å². The third kappa shape index (κ3) is 8.68. The molecule has 0 heterocycles. The highest BCUT2D eigenvalue weighted by molar-refractivity contribution is 5.79. The first-order chi connectivity index (χ1) is 7.91. The highest BCUT2D eigenvalue weighted by Crippen LogP contribution is 2.05. The van der Waals surface area contributed by atoms with Crippen LogP contribution >= 0.6 is 0 Å². The van der Waals surface area contributed by atoms with E-state index in [0.717, 1.165) is 6.42 Å². The molecule has 0 saturated heterocycles. The van der Waals surface area contributed by atoms with Crippen molar-refractivity contribution in [3.05, 3.63) is 0 Å². The Labute approximate surface area is 104 Å². The summed E-state index contributed by atoms with van der Waals surface area (Å²) in [6.45, 7) is 9.30. The molecular formula is C12H25N3O2. The molecule has 5 nitrogen and oxygen atoms in total. The van der Waals surface area contributed by atoms with Crippen LogP contribution in [0.4, 0.5) is 0 Å². The van der Waals surface area contributed by atoms with Gasteiger partial charge in [0.1, 0.15) is 0 Å². The largest absolute Gasteiger partial charge is 0.356 e. The van der Waals surface area contributed by atoms with Crippen LogP contribution in [0.1, 0.15) is 40.5 Å². The molecule has 3 N–H and O–H groups in total. The van der Waals surface area contributed by atoms with E-state index in [4.69, 9.17) is 0 Å². The van der Waals surface area contributed by atoms with Gasteiger partial charge in [-0.2, -0.15) is 0 Å². The van der Waals surface area contributed by atoms with E-state index in [0.29, 0.717) is 19.5 Å². The van der Waals surface area contributed by atoms with Crippen molar-refractivity contribution in [2.75, 3.05) is 19.6 Å². The molecule has 17 heavy (non-hydrogen) atoms. The van der Waals surface area contributed by atoms with E-state index in [2.05, 4.69) is 16.0 Å². The van der Waals surface area contributed by atoms with Crippen LogP contribution in [0.5, 0.6) is 0 Å². The van der Waals surface area contributed by atoms with Gasteiger partial charge in [-0.3, -0.25) is 9.59 Å². The van der Waals surface area contributed by atoms with Crippen LogP contribution in [0.3, 0.4) is 0 Å². The Morgan fingerprint density at radius 2 is 1.76 bits per heavy atom. The highest BCUT2D eigenvalue weighted by Gasteiger charge is 2.16. The predicted molar refractivity (Wildman–Crippen MR) is 68.7 cm³/mol. The first-order valence-corrected chi connectivity index (χ1v) is 6.19. The average molecular weight is 243 g/mol. The van der Waals surface area contributed by atoms with Crippen LogP contribution < -0.4 is 16.0 Å². The molecule has 0 bridgehead atoms. The third-order valence-corrected chi connectivity index (χ3v) is 2.55. The topological polar surface area (TPSA) is 70.2 Å². The van der Waals surface area contributed by atoms with Crippen molar-refractivity contribution in [3.8, 4) is 0 Å². The maximum atomic E-state index is 11.5. The summed E-state index contributed by atoms with van der Waals surface area (Å²) in [5.74, 6) is -0.0259. The minimum Gasteiger partial charge on any atom is -0.356 e. The highest BCUT2D eigenvalue weighted by atomic mass is 16.2. The quantitative estimate of drug-likeness (QED) is 0.541. The zero-order chi connectivity index (χ0) is 13.3. The number of hydrogen-bond acceptors (Lipinski definition) is 3. The molecule has 0 spiro atoms. The summed E-state index contributed by atoms with van der Waals surface area (Å²) in [5.41, 5.74) is -0.168. The molecule has 0 fully saturated rings. The van der Waals surface area contributed by atoms with Gasteiger partial charge in [0.05, 0.1) is 6.54 Å². The van der Waals surface area contributed by atoms with Crippen molar-refractivity contribution in [1.29, 1.82) is 0 Å². The lowest BCUT2D eigenvalue weighted by molar-refractivity contribution is -0.123. The van der Waals surface area contributed by atoms with E-state index < -0.39 is 0 Å². The Kier molecular flexibility index (Phi) is 7.54. The predicted octanol–water partition coefficient (Wildman–Crippen LogP) is 0.407. The molecule has 0 aliphatic heterocycles. The first kappa shape index (κ1) is 15.9. The van der Waals surface area contributed by atoms with Crippen LogP contribution in [-0.2, 0) is 9.59 Å². The molecule has 0 radical (unpaired) electrons. The molecule has 0 aliphatic carbocycles. The van der Waals surface area contributed by atoms with E-state index in [1.165, 1.54) is 0 Å². The Balaban J connectivity index is 3.62. The second kappa shape index (κ2) is 8.06. The summed E-state index contributed by atoms with van der Waals surface area (Å²) in [4.78, 5) is 22.6. The molecule has 100 valence electrons.